The summed E-state index contributed by atoms with van der Waals surface area (Å²) in [6.45, 7) is -1.45. The van der Waals surface area contributed by atoms with Crippen LogP contribution in [0.3, 0.4) is 0 Å². The average Bonchev–Trinajstić information content (AvgIpc) is 3.33. The Morgan fingerprint density at radius 2 is 1.09 bits per heavy atom. The summed E-state index contributed by atoms with van der Waals surface area (Å²) in [4.78, 5) is 67.1. The first-order valence-corrected chi connectivity index (χ1v) is 13.1. The van der Waals surface area contributed by atoms with Crippen LogP contribution in [0.5, 0.6) is 0 Å². The summed E-state index contributed by atoms with van der Waals surface area (Å²) in [5, 5.41) is 11.7. The fourth-order valence-electron chi connectivity index (χ4n) is 4.19. The maximum absolute atomic E-state index is 13.1. The van der Waals surface area contributed by atoms with Crippen LogP contribution in [0.25, 0.3) is 0 Å². The van der Waals surface area contributed by atoms with Crippen LogP contribution < -0.4 is 0 Å². The Morgan fingerprint density at radius 1 is 0.659 bits per heavy atom. The predicted octanol–water partition coefficient (Wildman–Crippen LogP) is 1.82. The van der Waals surface area contributed by atoms with Crippen LogP contribution in [-0.2, 0) is 23.7 Å². The number of aliphatic hydroxyl groups is 1. The average molecular weight is 601 g/mol. The van der Waals surface area contributed by atoms with E-state index in [9.17, 15) is 24.3 Å². The summed E-state index contributed by atoms with van der Waals surface area (Å²) in [6.07, 6.45) is 6.08. The normalized spacial score (nSPS) is 20.7. The lowest BCUT2D eigenvalue weighted by Crippen LogP contribution is -2.51. The molecule has 1 fully saturated rings. The van der Waals surface area contributed by atoms with Crippen molar-refractivity contribution in [3.8, 4) is 0 Å². The summed E-state index contributed by atoms with van der Waals surface area (Å²) < 4.78 is 27.8. The van der Waals surface area contributed by atoms with Gasteiger partial charge in [-0.15, -0.1) is 0 Å². The van der Waals surface area contributed by atoms with Crippen LogP contribution in [0.15, 0.2) is 98.1 Å². The molecule has 0 bridgehead atoms. The number of hydrogen-bond acceptors (Lipinski definition) is 14. The molecule has 14 nitrogen and oxygen atoms in total. The fourth-order valence-corrected chi connectivity index (χ4v) is 4.19. The number of carbonyl (C=O) groups excluding carboxylic acids is 4. The zero-order valence-corrected chi connectivity index (χ0v) is 22.8. The first-order chi connectivity index (χ1) is 21.3. The number of pyridine rings is 4. The van der Waals surface area contributed by atoms with Crippen LogP contribution >= 0.6 is 0 Å². The molecule has 1 saturated heterocycles. The smallest absolute Gasteiger partial charge is 0.340 e. The third-order valence-corrected chi connectivity index (χ3v) is 6.32. The van der Waals surface area contributed by atoms with Gasteiger partial charge in [0.15, 0.2) is 12.2 Å². The first-order valence-electron chi connectivity index (χ1n) is 13.1. The van der Waals surface area contributed by atoms with Gasteiger partial charge in [0.1, 0.15) is 19.3 Å². The first kappa shape index (κ1) is 29.9. The van der Waals surface area contributed by atoms with Crippen LogP contribution in [0.4, 0.5) is 0 Å². The minimum atomic E-state index is -2.57. The van der Waals surface area contributed by atoms with Crippen molar-refractivity contribution in [2.75, 3.05) is 13.2 Å². The summed E-state index contributed by atoms with van der Waals surface area (Å²) >= 11 is 0. The minimum Gasteiger partial charge on any atom is -0.459 e. The van der Waals surface area contributed by atoms with Crippen LogP contribution in [0.1, 0.15) is 41.4 Å². The lowest BCUT2D eigenvalue weighted by atomic mass is 10.0. The summed E-state index contributed by atoms with van der Waals surface area (Å²) in [5.41, 5.74) is 0.231. The predicted molar refractivity (Wildman–Crippen MR) is 146 cm³/mol. The quantitative estimate of drug-likeness (QED) is 0.205. The molecule has 44 heavy (non-hydrogen) atoms. The van der Waals surface area contributed by atoms with E-state index in [4.69, 9.17) is 23.7 Å². The fraction of sp³-hybridized carbons (Fsp3) is 0.200. The van der Waals surface area contributed by atoms with E-state index in [0.29, 0.717) is 0 Å². The molecule has 4 atom stereocenters. The zero-order chi connectivity index (χ0) is 30.9. The van der Waals surface area contributed by atoms with Crippen molar-refractivity contribution < 1.29 is 48.0 Å². The van der Waals surface area contributed by atoms with Gasteiger partial charge in [-0.25, -0.2) is 19.2 Å². The van der Waals surface area contributed by atoms with Crippen molar-refractivity contribution >= 4 is 23.9 Å². The summed E-state index contributed by atoms with van der Waals surface area (Å²) in [6, 6.07) is 11.8. The Bertz CT molecular complexity index is 1600. The van der Waals surface area contributed by atoms with E-state index in [1.54, 1.807) is 0 Å². The highest BCUT2D eigenvalue weighted by Crippen LogP contribution is 2.36. The lowest BCUT2D eigenvalue weighted by molar-refractivity contribution is -0.247. The van der Waals surface area contributed by atoms with Crippen molar-refractivity contribution in [3.05, 3.63) is 120 Å². The second kappa shape index (κ2) is 13.6. The number of nitrogens with zero attached hydrogens (tertiary/aromatic N) is 4. The molecule has 0 spiro atoms. The van der Waals surface area contributed by atoms with Gasteiger partial charge >= 0.3 is 23.9 Å². The highest BCUT2D eigenvalue weighted by atomic mass is 16.7. The molecular formula is C30H24N4O10. The Morgan fingerprint density at radius 3 is 1.55 bits per heavy atom. The van der Waals surface area contributed by atoms with Crippen molar-refractivity contribution in [2.45, 2.75) is 24.1 Å². The number of esters is 4. The molecule has 0 aliphatic carbocycles. The number of ether oxygens (including phenoxy) is 5. The summed E-state index contributed by atoms with van der Waals surface area (Å²) in [5.74, 6) is -6.10. The Balaban J connectivity index is 1.44. The van der Waals surface area contributed by atoms with E-state index >= 15 is 0 Å². The molecule has 4 aromatic heterocycles. The van der Waals surface area contributed by atoms with E-state index in [1.807, 2.05) is 0 Å². The number of hydrogen-bond donors (Lipinski definition) is 1. The Labute approximate surface area is 249 Å². The number of carbonyl (C=O) groups is 4. The van der Waals surface area contributed by atoms with Crippen LogP contribution in [0.2, 0.25) is 0 Å². The molecule has 1 aliphatic rings. The topological polar surface area (TPSA) is 186 Å². The third kappa shape index (κ3) is 7.06. The van der Waals surface area contributed by atoms with Crippen molar-refractivity contribution in [1.29, 1.82) is 0 Å². The summed E-state index contributed by atoms with van der Waals surface area (Å²) in [7, 11) is 0. The lowest BCUT2D eigenvalue weighted by Gasteiger charge is -2.29. The van der Waals surface area contributed by atoms with Gasteiger partial charge in [0.2, 0.25) is 5.79 Å². The van der Waals surface area contributed by atoms with E-state index < -0.39 is 61.2 Å². The van der Waals surface area contributed by atoms with Crippen molar-refractivity contribution in [1.82, 2.24) is 19.9 Å². The SMILES string of the molecule is O=C(OCC1O[C@@](O)(COC(=O)c2cccnc2)C(OC(=O)c2cccnc2)C1OC(=O)c1cccnc1)c1cccnc1. The third-order valence-electron chi connectivity index (χ3n) is 6.32. The molecule has 1 N–H and O–H groups in total. The second-order valence-corrected chi connectivity index (χ2v) is 9.34. The highest BCUT2D eigenvalue weighted by Gasteiger charge is 2.60. The number of rotatable bonds is 10. The molecule has 14 heteroatoms. The van der Waals surface area contributed by atoms with Crippen molar-refractivity contribution in [3.63, 3.8) is 0 Å². The number of aromatic nitrogens is 4. The molecule has 0 radical (unpaired) electrons. The molecule has 224 valence electrons. The van der Waals surface area contributed by atoms with Crippen LogP contribution in [0, 0.1) is 0 Å². The van der Waals surface area contributed by atoms with Crippen molar-refractivity contribution in [2.24, 2.45) is 0 Å². The largest absolute Gasteiger partial charge is 0.459 e. The molecule has 0 amide bonds. The second-order valence-electron chi connectivity index (χ2n) is 9.34. The Hall–Kier alpha value is -5.60. The highest BCUT2D eigenvalue weighted by molar-refractivity contribution is 5.91. The van der Waals surface area contributed by atoms with Gasteiger partial charge in [0, 0.05) is 49.6 Å². The zero-order valence-electron chi connectivity index (χ0n) is 22.8. The molecule has 4 aromatic rings. The molecule has 5 rings (SSSR count). The molecular weight excluding hydrogens is 576 g/mol. The van der Waals surface area contributed by atoms with Gasteiger partial charge in [-0.1, -0.05) is 0 Å². The maximum atomic E-state index is 13.1. The van der Waals surface area contributed by atoms with E-state index in [0.717, 1.165) is 0 Å². The molecule has 0 aromatic carbocycles. The maximum Gasteiger partial charge on any atom is 0.340 e. The van der Waals surface area contributed by atoms with Crippen LogP contribution in [-0.4, -0.2) is 86.2 Å². The molecule has 3 unspecified atom stereocenters. The monoisotopic (exact) mass is 600 g/mol. The van der Waals surface area contributed by atoms with Gasteiger partial charge in [-0.05, 0) is 48.5 Å². The minimum absolute atomic E-state index is 0.00555. The van der Waals surface area contributed by atoms with Gasteiger partial charge in [0.25, 0.3) is 0 Å². The molecule has 1 aliphatic heterocycles. The standard InChI is InChI=1S/C30H24N4O10/c35-26(19-5-1-9-31-13-19)40-17-23-24(42-28(37)21-7-3-11-33-15-21)25(43-29(38)22-8-4-12-34-16-22)30(39,44-23)18-41-27(36)20-6-2-10-32-14-20/h1-16,23-25,39H,17-18H2/t23?,24?,25?,30-/m0/s1. The van der Waals surface area contributed by atoms with E-state index in [-0.39, 0.29) is 22.3 Å². The molecule has 5 heterocycles. The van der Waals surface area contributed by atoms with Gasteiger partial charge in [-0.2, -0.15) is 0 Å². The van der Waals surface area contributed by atoms with Gasteiger partial charge in [-0.3, -0.25) is 19.9 Å². The Kier molecular flexibility index (Phi) is 9.22. The van der Waals surface area contributed by atoms with E-state index in [2.05, 4.69) is 19.9 Å². The van der Waals surface area contributed by atoms with E-state index in [1.165, 1.54) is 98.1 Å². The van der Waals surface area contributed by atoms with Gasteiger partial charge in [0.05, 0.1) is 22.3 Å². The van der Waals surface area contributed by atoms with Gasteiger partial charge < -0.3 is 28.8 Å². The molecule has 0 saturated carbocycles.